The van der Waals surface area contributed by atoms with Crippen molar-refractivity contribution in [3.8, 4) is 5.75 Å². The summed E-state index contributed by atoms with van der Waals surface area (Å²) in [6.07, 6.45) is 1.74. The van der Waals surface area contributed by atoms with Crippen LogP contribution in [0.15, 0.2) is 24.3 Å². The molecule has 0 aliphatic heterocycles. The van der Waals surface area contributed by atoms with Gasteiger partial charge in [0.2, 0.25) is 0 Å². The van der Waals surface area contributed by atoms with E-state index < -0.39 is 0 Å². The highest BCUT2D eigenvalue weighted by molar-refractivity contribution is 5.33. The molecule has 0 saturated carbocycles. The molecular formula is C13H21NO2. The molecule has 2 N–H and O–H groups in total. The lowest BCUT2D eigenvalue weighted by molar-refractivity contribution is 0.283. The van der Waals surface area contributed by atoms with Crippen molar-refractivity contribution in [1.82, 2.24) is 5.32 Å². The van der Waals surface area contributed by atoms with Gasteiger partial charge in [-0.3, -0.25) is 0 Å². The van der Waals surface area contributed by atoms with Gasteiger partial charge in [-0.2, -0.15) is 0 Å². The fourth-order valence-corrected chi connectivity index (χ4v) is 1.70. The van der Waals surface area contributed by atoms with E-state index in [1.54, 1.807) is 7.11 Å². The summed E-state index contributed by atoms with van der Waals surface area (Å²) in [6, 6.07) is 8.46. The van der Waals surface area contributed by atoms with Crippen LogP contribution in [0.4, 0.5) is 0 Å². The van der Waals surface area contributed by atoms with Crippen LogP contribution >= 0.6 is 0 Å². The number of nitrogens with one attached hydrogen (secondary N) is 1. The first-order valence-electron chi connectivity index (χ1n) is 5.74. The Morgan fingerprint density at radius 2 is 2.12 bits per heavy atom. The minimum absolute atomic E-state index is 0.244. The summed E-state index contributed by atoms with van der Waals surface area (Å²) in [5.41, 5.74) is 1.22. The topological polar surface area (TPSA) is 41.5 Å². The molecule has 0 aliphatic carbocycles. The van der Waals surface area contributed by atoms with Crippen LogP contribution in [0, 0.1) is 0 Å². The van der Waals surface area contributed by atoms with Crippen LogP contribution in [0.2, 0.25) is 0 Å². The molecule has 16 heavy (non-hydrogen) atoms. The number of benzene rings is 1. The minimum Gasteiger partial charge on any atom is -0.496 e. The van der Waals surface area contributed by atoms with Gasteiger partial charge in [0.1, 0.15) is 5.75 Å². The summed E-state index contributed by atoms with van der Waals surface area (Å²) in [5, 5.41) is 12.1. The maximum atomic E-state index is 8.69. The van der Waals surface area contributed by atoms with Gasteiger partial charge in [-0.05, 0) is 37.9 Å². The van der Waals surface area contributed by atoms with Gasteiger partial charge in [0.05, 0.1) is 7.11 Å². The third-order valence-electron chi connectivity index (χ3n) is 2.55. The molecule has 0 spiro atoms. The molecule has 1 rings (SSSR count). The van der Waals surface area contributed by atoms with Crippen molar-refractivity contribution in [2.24, 2.45) is 0 Å². The number of rotatable bonds is 7. The molecule has 0 radical (unpaired) electrons. The molecule has 0 saturated heterocycles. The Labute approximate surface area is 97.4 Å². The number of para-hydroxylation sites is 1. The summed E-state index contributed by atoms with van der Waals surface area (Å²) in [6.45, 7) is 3.24. The summed E-state index contributed by atoms with van der Waals surface area (Å²) in [5.74, 6) is 0.943. The third kappa shape index (κ3) is 4.21. The van der Waals surface area contributed by atoms with Gasteiger partial charge in [-0.15, -0.1) is 0 Å². The van der Waals surface area contributed by atoms with E-state index in [4.69, 9.17) is 9.84 Å². The molecule has 1 aromatic rings. The Balaban J connectivity index is 2.45. The standard InChI is InChI=1S/C13H21NO2/c1-11(14-8-5-9-15)10-12-6-3-4-7-13(12)16-2/h3-4,6-7,11,14-15H,5,8-10H2,1-2H3. The van der Waals surface area contributed by atoms with Crippen LogP contribution in [0.25, 0.3) is 0 Å². The SMILES string of the molecule is COc1ccccc1CC(C)NCCCO. The molecule has 0 heterocycles. The molecule has 0 aliphatic rings. The smallest absolute Gasteiger partial charge is 0.122 e. The molecule has 0 bridgehead atoms. The van der Waals surface area contributed by atoms with Crippen LogP contribution in [0.5, 0.6) is 5.75 Å². The van der Waals surface area contributed by atoms with E-state index in [2.05, 4.69) is 18.3 Å². The molecule has 0 amide bonds. The molecule has 1 aromatic carbocycles. The second-order valence-corrected chi connectivity index (χ2v) is 3.95. The molecule has 90 valence electrons. The monoisotopic (exact) mass is 223 g/mol. The normalized spacial score (nSPS) is 12.4. The molecular weight excluding hydrogens is 202 g/mol. The van der Waals surface area contributed by atoms with E-state index in [9.17, 15) is 0 Å². The highest BCUT2D eigenvalue weighted by Crippen LogP contribution is 2.18. The van der Waals surface area contributed by atoms with Crippen LogP contribution < -0.4 is 10.1 Å². The largest absolute Gasteiger partial charge is 0.496 e. The Bertz CT molecular complexity index is 302. The highest BCUT2D eigenvalue weighted by Gasteiger charge is 2.06. The first-order valence-corrected chi connectivity index (χ1v) is 5.74. The number of aliphatic hydroxyl groups excluding tert-OH is 1. The second kappa shape index (κ2) is 7.25. The number of methoxy groups -OCH3 is 1. The summed E-state index contributed by atoms with van der Waals surface area (Å²) < 4.78 is 5.30. The van der Waals surface area contributed by atoms with Crippen molar-refractivity contribution in [3.05, 3.63) is 29.8 Å². The van der Waals surface area contributed by atoms with Gasteiger partial charge in [-0.1, -0.05) is 18.2 Å². The third-order valence-corrected chi connectivity index (χ3v) is 2.55. The van der Waals surface area contributed by atoms with Crippen molar-refractivity contribution in [2.75, 3.05) is 20.3 Å². The average Bonchev–Trinajstić information content (AvgIpc) is 2.30. The first kappa shape index (κ1) is 13.0. The fraction of sp³-hybridized carbons (Fsp3) is 0.538. The zero-order chi connectivity index (χ0) is 11.8. The lowest BCUT2D eigenvalue weighted by Gasteiger charge is -2.15. The van der Waals surface area contributed by atoms with Crippen molar-refractivity contribution >= 4 is 0 Å². The number of aliphatic hydroxyl groups is 1. The van der Waals surface area contributed by atoms with E-state index >= 15 is 0 Å². The van der Waals surface area contributed by atoms with E-state index in [0.717, 1.165) is 25.1 Å². The highest BCUT2D eigenvalue weighted by atomic mass is 16.5. The second-order valence-electron chi connectivity index (χ2n) is 3.95. The van der Waals surface area contributed by atoms with Crippen LogP contribution in [0.1, 0.15) is 18.9 Å². The number of hydrogen-bond donors (Lipinski definition) is 2. The minimum atomic E-state index is 0.244. The van der Waals surface area contributed by atoms with Gasteiger partial charge in [0.15, 0.2) is 0 Å². The van der Waals surface area contributed by atoms with Crippen molar-refractivity contribution in [2.45, 2.75) is 25.8 Å². The Kier molecular flexibility index (Phi) is 5.90. The van der Waals surface area contributed by atoms with E-state index in [1.807, 2.05) is 18.2 Å². The van der Waals surface area contributed by atoms with E-state index in [0.29, 0.717) is 6.04 Å². The fourth-order valence-electron chi connectivity index (χ4n) is 1.70. The zero-order valence-electron chi connectivity index (χ0n) is 10.1. The average molecular weight is 223 g/mol. The van der Waals surface area contributed by atoms with Crippen LogP contribution in [-0.2, 0) is 6.42 Å². The van der Waals surface area contributed by atoms with Crippen molar-refractivity contribution < 1.29 is 9.84 Å². The molecule has 3 heteroatoms. The quantitative estimate of drug-likeness (QED) is 0.690. The maximum Gasteiger partial charge on any atom is 0.122 e. The van der Waals surface area contributed by atoms with Gasteiger partial charge < -0.3 is 15.2 Å². The predicted molar refractivity (Wildman–Crippen MR) is 65.9 cm³/mol. The van der Waals surface area contributed by atoms with Gasteiger partial charge in [0, 0.05) is 12.6 Å². The van der Waals surface area contributed by atoms with Crippen LogP contribution in [0.3, 0.4) is 0 Å². The summed E-state index contributed by atoms with van der Waals surface area (Å²) >= 11 is 0. The van der Waals surface area contributed by atoms with Crippen molar-refractivity contribution in [3.63, 3.8) is 0 Å². The Morgan fingerprint density at radius 1 is 1.38 bits per heavy atom. The van der Waals surface area contributed by atoms with Crippen molar-refractivity contribution in [1.29, 1.82) is 0 Å². The molecule has 0 aromatic heterocycles. The first-order chi connectivity index (χ1) is 7.77. The maximum absolute atomic E-state index is 8.69. The lowest BCUT2D eigenvalue weighted by Crippen LogP contribution is -2.29. The number of ether oxygens (including phenoxy) is 1. The Hall–Kier alpha value is -1.06. The van der Waals surface area contributed by atoms with Gasteiger partial charge in [-0.25, -0.2) is 0 Å². The molecule has 1 atom stereocenters. The van der Waals surface area contributed by atoms with Gasteiger partial charge >= 0.3 is 0 Å². The van der Waals surface area contributed by atoms with Crippen LogP contribution in [-0.4, -0.2) is 31.4 Å². The molecule has 3 nitrogen and oxygen atoms in total. The lowest BCUT2D eigenvalue weighted by atomic mass is 10.1. The molecule has 0 fully saturated rings. The van der Waals surface area contributed by atoms with Gasteiger partial charge in [0.25, 0.3) is 0 Å². The van der Waals surface area contributed by atoms with E-state index in [1.165, 1.54) is 5.56 Å². The predicted octanol–water partition coefficient (Wildman–Crippen LogP) is 1.60. The zero-order valence-corrected chi connectivity index (χ0v) is 10.1. The van der Waals surface area contributed by atoms with E-state index in [-0.39, 0.29) is 6.61 Å². The summed E-state index contributed by atoms with van der Waals surface area (Å²) in [4.78, 5) is 0. The molecule has 1 unspecified atom stereocenters. The number of hydrogen-bond acceptors (Lipinski definition) is 3. The summed E-state index contributed by atoms with van der Waals surface area (Å²) in [7, 11) is 1.70. The Morgan fingerprint density at radius 3 is 2.81 bits per heavy atom.